The molecule has 0 saturated carbocycles. The summed E-state index contributed by atoms with van der Waals surface area (Å²) in [6, 6.07) is 9.78. The highest BCUT2D eigenvalue weighted by Crippen LogP contribution is 2.22. The lowest BCUT2D eigenvalue weighted by atomic mass is 9.87. The summed E-state index contributed by atoms with van der Waals surface area (Å²) in [5.74, 6) is 1.70. The molecule has 0 atom stereocenters. The standard InChI is InChI=1S/C21H29N5O/c1-21(2,3)17-8-6-16(7-9-17)20(27)23-11-10-22-18-14-19(25-15-24-18)26-12-4-5-13-26/h6-9,14-15H,4-5,10-13H2,1-3H3,(H,23,27)(H,22,24,25). The summed E-state index contributed by atoms with van der Waals surface area (Å²) in [6.07, 6.45) is 4.02. The minimum atomic E-state index is -0.0577. The quantitative estimate of drug-likeness (QED) is 0.767. The highest BCUT2D eigenvalue weighted by atomic mass is 16.1. The molecule has 1 aliphatic rings. The van der Waals surface area contributed by atoms with E-state index in [4.69, 9.17) is 0 Å². The molecular weight excluding hydrogens is 338 g/mol. The summed E-state index contributed by atoms with van der Waals surface area (Å²) in [5, 5.41) is 6.19. The maximum Gasteiger partial charge on any atom is 0.251 e. The fourth-order valence-corrected chi connectivity index (χ4v) is 3.15. The van der Waals surface area contributed by atoms with Gasteiger partial charge in [0.25, 0.3) is 5.91 Å². The Morgan fingerprint density at radius 2 is 1.78 bits per heavy atom. The van der Waals surface area contributed by atoms with Crippen LogP contribution in [-0.4, -0.2) is 42.1 Å². The van der Waals surface area contributed by atoms with Gasteiger partial charge in [0, 0.05) is 37.8 Å². The number of carbonyl (C=O) groups excluding carboxylic acids is 1. The lowest BCUT2D eigenvalue weighted by molar-refractivity contribution is 0.0955. The molecule has 6 nitrogen and oxygen atoms in total. The van der Waals surface area contributed by atoms with E-state index in [1.54, 1.807) is 6.33 Å². The Labute approximate surface area is 161 Å². The molecule has 2 N–H and O–H groups in total. The zero-order chi connectivity index (χ0) is 19.3. The van der Waals surface area contributed by atoms with Crippen molar-refractivity contribution in [3.8, 4) is 0 Å². The van der Waals surface area contributed by atoms with Crippen molar-refractivity contribution < 1.29 is 4.79 Å². The van der Waals surface area contributed by atoms with Crippen molar-refractivity contribution >= 4 is 17.5 Å². The monoisotopic (exact) mass is 367 g/mol. The first kappa shape index (κ1) is 19.1. The van der Waals surface area contributed by atoms with Crippen LogP contribution in [0.4, 0.5) is 11.6 Å². The number of aromatic nitrogens is 2. The minimum absolute atomic E-state index is 0.0577. The van der Waals surface area contributed by atoms with Crippen LogP contribution in [-0.2, 0) is 5.41 Å². The first-order valence-corrected chi connectivity index (χ1v) is 9.63. The van der Waals surface area contributed by atoms with E-state index in [1.807, 2.05) is 30.3 Å². The van der Waals surface area contributed by atoms with Crippen LogP contribution in [0.2, 0.25) is 0 Å². The van der Waals surface area contributed by atoms with E-state index in [-0.39, 0.29) is 11.3 Å². The van der Waals surface area contributed by atoms with E-state index >= 15 is 0 Å². The number of hydrogen-bond donors (Lipinski definition) is 2. The number of rotatable bonds is 6. The molecule has 0 unspecified atom stereocenters. The molecule has 1 aromatic carbocycles. The number of nitrogens with zero attached hydrogens (tertiary/aromatic N) is 3. The first-order chi connectivity index (χ1) is 12.9. The van der Waals surface area contributed by atoms with Crippen LogP contribution in [0.15, 0.2) is 36.7 Å². The average molecular weight is 367 g/mol. The van der Waals surface area contributed by atoms with Gasteiger partial charge in [-0.1, -0.05) is 32.9 Å². The van der Waals surface area contributed by atoms with Crippen LogP contribution in [0.5, 0.6) is 0 Å². The van der Waals surface area contributed by atoms with E-state index < -0.39 is 0 Å². The Hall–Kier alpha value is -2.63. The van der Waals surface area contributed by atoms with E-state index in [0.717, 1.165) is 24.7 Å². The Morgan fingerprint density at radius 1 is 1.07 bits per heavy atom. The van der Waals surface area contributed by atoms with Gasteiger partial charge in [-0.3, -0.25) is 4.79 Å². The van der Waals surface area contributed by atoms with Crippen molar-refractivity contribution in [2.45, 2.75) is 39.0 Å². The number of nitrogens with one attached hydrogen (secondary N) is 2. The smallest absolute Gasteiger partial charge is 0.251 e. The lowest BCUT2D eigenvalue weighted by Gasteiger charge is -2.19. The molecule has 1 fully saturated rings. The van der Waals surface area contributed by atoms with Gasteiger partial charge in [0.1, 0.15) is 18.0 Å². The van der Waals surface area contributed by atoms with Crippen LogP contribution in [0.25, 0.3) is 0 Å². The summed E-state index contributed by atoms with van der Waals surface area (Å²) in [7, 11) is 0. The molecule has 2 heterocycles. The predicted octanol–water partition coefficient (Wildman–Crippen LogP) is 3.22. The molecule has 3 rings (SSSR count). The molecule has 2 aromatic rings. The lowest BCUT2D eigenvalue weighted by Crippen LogP contribution is -2.29. The molecule has 0 radical (unpaired) electrons. The van der Waals surface area contributed by atoms with Gasteiger partial charge in [0.05, 0.1) is 0 Å². The molecule has 1 aromatic heterocycles. The fourth-order valence-electron chi connectivity index (χ4n) is 3.15. The molecular formula is C21H29N5O. The number of benzene rings is 1. The molecule has 0 spiro atoms. The summed E-state index contributed by atoms with van der Waals surface area (Å²) in [4.78, 5) is 23.2. The predicted molar refractivity (Wildman–Crippen MR) is 109 cm³/mol. The summed E-state index contributed by atoms with van der Waals surface area (Å²) in [6.45, 7) is 9.74. The van der Waals surface area contributed by atoms with Crippen molar-refractivity contribution in [1.29, 1.82) is 0 Å². The van der Waals surface area contributed by atoms with Crippen molar-refractivity contribution in [3.05, 3.63) is 47.8 Å². The van der Waals surface area contributed by atoms with E-state index in [2.05, 4.69) is 46.3 Å². The van der Waals surface area contributed by atoms with Crippen molar-refractivity contribution in [3.63, 3.8) is 0 Å². The third-order valence-corrected chi connectivity index (χ3v) is 4.81. The minimum Gasteiger partial charge on any atom is -0.368 e. The van der Waals surface area contributed by atoms with Crippen molar-refractivity contribution in [2.24, 2.45) is 0 Å². The number of carbonyl (C=O) groups is 1. The van der Waals surface area contributed by atoms with E-state index in [9.17, 15) is 4.79 Å². The highest BCUT2D eigenvalue weighted by Gasteiger charge is 2.15. The number of hydrogen-bond acceptors (Lipinski definition) is 5. The van der Waals surface area contributed by atoms with Gasteiger partial charge >= 0.3 is 0 Å². The van der Waals surface area contributed by atoms with Crippen LogP contribution in [0, 0.1) is 0 Å². The molecule has 0 aliphatic carbocycles. The molecule has 1 aliphatic heterocycles. The molecule has 0 bridgehead atoms. The normalized spacial score (nSPS) is 14.3. The third kappa shape index (κ3) is 5.18. The largest absolute Gasteiger partial charge is 0.368 e. The molecule has 27 heavy (non-hydrogen) atoms. The zero-order valence-corrected chi connectivity index (χ0v) is 16.5. The topological polar surface area (TPSA) is 70.2 Å². The van der Waals surface area contributed by atoms with E-state index in [0.29, 0.717) is 18.7 Å². The van der Waals surface area contributed by atoms with Gasteiger partial charge in [-0.2, -0.15) is 0 Å². The first-order valence-electron chi connectivity index (χ1n) is 9.63. The summed E-state index contributed by atoms with van der Waals surface area (Å²) in [5.41, 5.74) is 1.99. The molecule has 6 heteroatoms. The maximum absolute atomic E-state index is 12.3. The van der Waals surface area contributed by atoms with Crippen LogP contribution >= 0.6 is 0 Å². The van der Waals surface area contributed by atoms with Crippen LogP contribution < -0.4 is 15.5 Å². The number of anilines is 2. The Balaban J connectivity index is 1.46. The fraction of sp³-hybridized carbons (Fsp3) is 0.476. The summed E-state index contributed by atoms with van der Waals surface area (Å²) < 4.78 is 0. The van der Waals surface area contributed by atoms with E-state index in [1.165, 1.54) is 18.4 Å². The maximum atomic E-state index is 12.3. The van der Waals surface area contributed by atoms with Gasteiger partial charge in [0.2, 0.25) is 0 Å². The zero-order valence-electron chi connectivity index (χ0n) is 16.5. The third-order valence-electron chi connectivity index (χ3n) is 4.81. The molecule has 1 amide bonds. The highest BCUT2D eigenvalue weighted by molar-refractivity contribution is 5.94. The second-order valence-corrected chi connectivity index (χ2v) is 7.97. The van der Waals surface area contributed by atoms with Gasteiger partial charge < -0.3 is 15.5 Å². The van der Waals surface area contributed by atoms with Gasteiger partial charge in [-0.05, 0) is 36.0 Å². The summed E-state index contributed by atoms with van der Waals surface area (Å²) >= 11 is 0. The van der Waals surface area contributed by atoms with Gasteiger partial charge in [-0.15, -0.1) is 0 Å². The Bertz CT molecular complexity index is 761. The van der Waals surface area contributed by atoms with Gasteiger partial charge in [-0.25, -0.2) is 9.97 Å². The average Bonchev–Trinajstić information content (AvgIpc) is 3.19. The molecule has 144 valence electrons. The Morgan fingerprint density at radius 3 is 2.44 bits per heavy atom. The van der Waals surface area contributed by atoms with Crippen molar-refractivity contribution in [2.75, 3.05) is 36.4 Å². The van der Waals surface area contributed by atoms with Gasteiger partial charge in [0.15, 0.2) is 0 Å². The van der Waals surface area contributed by atoms with Crippen LogP contribution in [0.1, 0.15) is 49.5 Å². The van der Waals surface area contributed by atoms with Crippen molar-refractivity contribution in [1.82, 2.24) is 15.3 Å². The number of amides is 1. The van der Waals surface area contributed by atoms with Crippen LogP contribution in [0.3, 0.4) is 0 Å². The molecule has 1 saturated heterocycles. The second-order valence-electron chi connectivity index (χ2n) is 7.97. The second kappa shape index (κ2) is 8.37. The Kier molecular flexibility index (Phi) is 5.94. The SMILES string of the molecule is CC(C)(C)c1ccc(C(=O)NCCNc2cc(N3CCCC3)ncn2)cc1.